The molecule has 0 aromatic heterocycles. The molecular formula is C11H16N2O2. The van der Waals surface area contributed by atoms with E-state index in [1.165, 1.54) is 0 Å². The van der Waals surface area contributed by atoms with E-state index >= 15 is 0 Å². The summed E-state index contributed by atoms with van der Waals surface area (Å²) in [5.41, 5.74) is 12.9. The third-order valence-corrected chi connectivity index (χ3v) is 2.49. The summed E-state index contributed by atoms with van der Waals surface area (Å²) >= 11 is 0. The van der Waals surface area contributed by atoms with Crippen molar-refractivity contribution in [2.45, 2.75) is 19.4 Å². The van der Waals surface area contributed by atoms with E-state index < -0.39 is 17.9 Å². The van der Waals surface area contributed by atoms with Crippen molar-refractivity contribution in [3.8, 4) is 0 Å². The maximum absolute atomic E-state index is 10.9. The van der Waals surface area contributed by atoms with Crippen molar-refractivity contribution >= 4 is 11.7 Å². The van der Waals surface area contributed by atoms with Crippen LogP contribution in [0.5, 0.6) is 0 Å². The van der Waals surface area contributed by atoms with Crippen LogP contribution < -0.4 is 11.5 Å². The van der Waals surface area contributed by atoms with E-state index in [1.54, 1.807) is 24.3 Å². The number of hydrogen-bond donors (Lipinski definition) is 3. The molecule has 0 amide bonds. The fraction of sp³-hybridized carbons (Fsp3) is 0.364. The van der Waals surface area contributed by atoms with Gasteiger partial charge in [0, 0.05) is 11.7 Å². The van der Waals surface area contributed by atoms with E-state index in [9.17, 15) is 4.79 Å². The van der Waals surface area contributed by atoms with Crippen molar-refractivity contribution in [3.63, 3.8) is 0 Å². The Labute approximate surface area is 88.9 Å². The number of rotatable bonds is 4. The molecule has 82 valence electrons. The number of carboxylic acids is 1. The molecule has 15 heavy (non-hydrogen) atoms. The Balaban J connectivity index is 2.92. The van der Waals surface area contributed by atoms with E-state index in [4.69, 9.17) is 16.6 Å². The number of carbonyl (C=O) groups is 1. The lowest BCUT2D eigenvalue weighted by Crippen LogP contribution is -2.27. The maximum atomic E-state index is 10.9. The van der Waals surface area contributed by atoms with Crippen LogP contribution in [0.2, 0.25) is 0 Å². The Morgan fingerprint density at radius 2 is 2.20 bits per heavy atom. The highest BCUT2D eigenvalue weighted by Crippen LogP contribution is 2.23. The van der Waals surface area contributed by atoms with E-state index in [0.29, 0.717) is 12.1 Å². The second-order valence-corrected chi connectivity index (χ2v) is 3.55. The van der Waals surface area contributed by atoms with Crippen LogP contribution in [-0.2, 0) is 4.79 Å². The van der Waals surface area contributed by atoms with Crippen LogP contribution in [0.1, 0.15) is 24.9 Å². The zero-order chi connectivity index (χ0) is 11.4. The lowest BCUT2D eigenvalue weighted by molar-refractivity contribution is -0.142. The Morgan fingerprint density at radius 1 is 1.53 bits per heavy atom. The largest absolute Gasteiger partial charge is 0.481 e. The van der Waals surface area contributed by atoms with Crippen molar-refractivity contribution in [3.05, 3.63) is 29.8 Å². The lowest BCUT2D eigenvalue weighted by Gasteiger charge is -2.19. The highest BCUT2D eigenvalue weighted by atomic mass is 16.4. The first-order valence-electron chi connectivity index (χ1n) is 4.90. The summed E-state index contributed by atoms with van der Waals surface area (Å²) in [6.07, 6.45) is 0.505. The maximum Gasteiger partial charge on any atom is 0.308 e. The average molecular weight is 208 g/mol. The van der Waals surface area contributed by atoms with E-state index in [1.807, 2.05) is 6.92 Å². The summed E-state index contributed by atoms with van der Waals surface area (Å²) in [7, 11) is 0. The quantitative estimate of drug-likeness (QED) is 0.652. The summed E-state index contributed by atoms with van der Waals surface area (Å²) in [6, 6.07) is 6.54. The molecule has 0 aliphatic carbocycles. The fourth-order valence-corrected chi connectivity index (χ4v) is 1.58. The summed E-state index contributed by atoms with van der Waals surface area (Å²) in [4.78, 5) is 10.9. The molecule has 4 heteroatoms. The van der Waals surface area contributed by atoms with Crippen molar-refractivity contribution in [2.75, 3.05) is 5.73 Å². The highest BCUT2D eigenvalue weighted by molar-refractivity contribution is 5.71. The van der Waals surface area contributed by atoms with Gasteiger partial charge < -0.3 is 16.6 Å². The number of nitrogens with two attached hydrogens (primary N) is 2. The Morgan fingerprint density at radius 3 is 2.67 bits per heavy atom. The molecule has 1 aromatic carbocycles. The van der Waals surface area contributed by atoms with Crippen LogP contribution in [0, 0.1) is 5.92 Å². The van der Waals surface area contributed by atoms with Crippen LogP contribution in [0.15, 0.2) is 24.3 Å². The van der Waals surface area contributed by atoms with E-state index in [-0.39, 0.29) is 0 Å². The molecule has 4 nitrogen and oxygen atoms in total. The Kier molecular flexibility index (Phi) is 3.68. The second-order valence-electron chi connectivity index (χ2n) is 3.55. The molecule has 5 N–H and O–H groups in total. The minimum absolute atomic E-state index is 0.504. The number of anilines is 1. The van der Waals surface area contributed by atoms with Crippen molar-refractivity contribution < 1.29 is 9.90 Å². The summed E-state index contributed by atoms with van der Waals surface area (Å²) in [5.74, 6) is -1.43. The van der Waals surface area contributed by atoms with Gasteiger partial charge in [0.25, 0.3) is 0 Å². The predicted molar refractivity (Wildman–Crippen MR) is 59.2 cm³/mol. The van der Waals surface area contributed by atoms with E-state index in [2.05, 4.69) is 0 Å². The van der Waals surface area contributed by atoms with Crippen LogP contribution >= 0.6 is 0 Å². The number of nitrogen functional groups attached to an aromatic ring is 1. The molecule has 1 unspecified atom stereocenters. The van der Waals surface area contributed by atoms with Gasteiger partial charge in [0.15, 0.2) is 0 Å². The third kappa shape index (κ3) is 2.70. The normalized spacial score (nSPS) is 14.5. The molecule has 0 bridgehead atoms. The smallest absolute Gasteiger partial charge is 0.308 e. The zero-order valence-corrected chi connectivity index (χ0v) is 8.68. The average Bonchev–Trinajstić information content (AvgIpc) is 2.18. The molecule has 1 aromatic rings. The van der Waals surface area contributed by atoms with Crippen molar-refractivity contribution in [1.29, 1.82) is 0 Å². The second kappa shape index (κ2) is 4.79. The highest BCUT2D eigenvalue weighted by Gasteiger charge is 2.24. The number of benzene rings is 1. The molecule has 0 aliphatic heterocycles. The predicted octanol–water partition coefficient (Wildman–Crippen LogP) is 1.38. The molecular weight excluding hydrogens is 192 g/mol. The van der Waals surface area contributed by atoms with Gasteiger partial charge in [-0.3, -0.25) is 4.79 Å². The van der Waals surface area contributed by atoms with Crippen LogP contribution in [-0.4, -0.2) is 11.1 Å². The van der Waals surface area contributed by atoms with Gasteiger partial charge in [0.1, 0.15) is 0 Å². The molecule has 0 aliphatic rings. The van der Waals surface area contributed by atoms with Gasteiger partial charge in [-0.25, -0.2) is 0 Å². The summed E-state index contributed by atoms with van der Waals surface area (Å²) in [6.45, 7) is 1.81. The van der Waals surface area contributed by atoms with Gasteiger partial charge in [0.05, 0.1) is 5.92 Å². The first kappa shape index (κ1) is 11.5. The molecule has 0 radical (unpaired) electrons. The number of aliphatic carboxylic acids is 1. The van der Waals surface area contributed by atoms with Gasteiger partial charge in [-0.15, -0.1) is 0 Å². The molecule has 0 saturated carbocycles. The Hall–Kier alpha value is -1.55. The Bertz CT molecular complexity index is 352. The molecule has 0 spiro atoms. The number of hydrogen-bond acceptors (Lipinski definition) is 3. The minimum Gasteiger partial charge on any atom is -0.481 e. The van der Waals surface area contributed by atoms with Gasteiger partial charge in [-0.1, -0.05) is 19.1 Å². The molecule has 0 fully saturated rings. The first-order chi connectivity index (χ1) is 7.06. The summed E-state index contributed by atoms with van der Waals surface area (Å²) < 4.78 is 0. The van der Waals surface area contributed by atoms with Crippen molar-refractivity contribution in [1.82, 2.24) is 0 Å². The van der Waals surface area contributed by atoms with Gasteiger partial charge >= 0.3 is 5.97 Å². The third-order valence-electron chi connectivity index (χ3n) is 2.49. The van der Waals surface area contributed by atoms with Gasteiger partial charge in [-0.2, -0.15) is 0 Å². The minimum atomic E-state index is -0.868. The monoisotopic (exact) mass is 208 g/mol. The number of carboxylic acid groups (broad SMARTS) is 1. The fourth-order valence-electron chi connectivity index (χ4n) is 1.58. The molecule has 0 heterocycles. The van der Waals surface area contributed by atoms with Gasteiger partial charge in [-0.05, 0) is 24.1 Å². The SMILES string of the molecule is CC[C@@H](C(=O)O)C(N)c1cccc(N)c1. The topological polar surface area (TPSA) is 89.3 Å². The summed E-state index contributed by atoms with van der Waals surface area (Å²) in [5, 5.41) is 8.96. The van der Waals surface area contributed by atoms with E-state index in [0.717, 1.165) is 5.56 Å². The lowest BCUT2D eigenvalue weighted by atomic mass is 9.91. The zero-order valence-electron chi connectivity index (χ0n) is 8.68. The molecule has 0 saturated heterocycles. The molecule has 2 atom stereocenters. The van der Waals surface area contributed by atoms with Crippen LogP contribution in [0.3, 0.4) is 0 Å². The van der Waals surface area contributed by atoms with Crippen LogP contribution in [0.25, 0.3) is 0 Å². The van der Waals surface area contributed by atoms with Gasteiger partial charge in [0.2, 0.25) is 0 Å². The molecule has 1 rings (SSSR count). The van der Waals surface area contributed by atoms with Crippen LogP contribution in [0.4, 0.5) is 5.69 Å². The van der Waals surface area contributed by atoms with Crippen molar-refractivity contribution in [2.24, 2.45) is 11.7 Å². The first-order valence-corrected chi connectivity index (χ1v) is 4.90. The standard InChI is InChI=1S/C11H16N2O2/c1-2-9(11(14)15)10(13)7-4-3-5-8(12)6-7/h3-6,9-10H,2,12-13H2,1H3,(H,14,15)/t9-,10?/m1/s1.